The quantitative estimate of drug-likeness (QED) is 0.616. The third-order valence-corrected chi connectivity index (χ3v) is 2.26. The highest BCUT2D eigenvalue weighted by molar-refractivity contribution is 5.92. The molecule has 1 N–H and O–H groups in total. The molecule has 0 aliphatic heterocycles. The van der Waals surface area contributed by atoms with Crippen LogP contribution in [-0.2, 0) is 16.2 Å². The molecular formula is C12H16O4. The fourth-order valence-electron chi connectivity index (χ4n) is 1.40. The van der Waals surface area contributed by atoms with Gasteiger partial charge in [-0.3, -0.25) is 4.89 Å². The molecule has 0 atom stereocenters. The van der Waals surface area contributed by atoms with Gasteiger partial charge >= 0.3 is 5.97 Å². The number of phenols is 1. The first-order valence-corrected chi connectivity index (χ1v) is 5.26. The Kier molecular flexibility index (Phi) is 4.79. The van der Waals surface area contributed by atoms with Crippen molar-refractivity contribution in [3.63, 3.8) is 0 Å². The van der Waals surface area contributed by atoms with Crippen LogP contribution in [0.15, 0.2) is 18.2 Å². The molecule has 0 saturated heterocycles. The molecule has 4 nitrogen and oxygen atoms in total. The summed E-state index contributed by atoms with van der Waals surface area (Å²) in [6.07, 6.45) is 3.01. The first kappa shape index (κ1) is 12.5. The van der Waals surface area contributed by atoms with E-state index in [1.165, 1.54) is 13.2 Å². The predicted molar refractivity (Wildman–Crippen MR) is 59.1 cm³/mol. The van der Waals surface area contributed by atoms with Crippen molar-refractivity contribution >= 4 is 5.97 Å². The molecule has 1 aromatic carbocycles. The van der Waals surface area contributed by atoms with Gasteiger partial charge in [-0.25, -0.2) is 4.79 Å². The first-order chi connectivity index (χ1) is 7.69. The van der Waals surface area contributed by atoms with Crippen molar-refractivity contribution in [3.05, 3.63) is 29.3 Å². The van der Waals surface area contributed by atoms with Crippen LogP contribution in [0.2, 0.25) is 0 Å². The van der Waals surface area contributed by atoms with Gasteiger partial charge in [-0.15, -0.1) is 0 Å². The van der Waals surface area contributed by atoms with Crippen molar-refractivity contribution in [1.82, 2.24) is 0 Å². The summed E-state index contributed by atoms with van der Waals surface area (Å²) >= 11 is 0. The standard InChI is InChI=1S/C12H16O4/c1-3-4-5-9-6-7-11(13)10(8-9)12(14)16-15-2/h6-8,13H,3-5H2,1-2H3. The van der Waals surface area contributed by atoms with E-state index in [0.29, 0.717) is 0 Å². The molecule has 0 radical (unpaired) electrons. The highest BCUT2D eigenvalue weighted by atomic mass is 17.2. The Morgan fingerprint density at radius 2 is 2.19 bits per heavy atom. The second-order valence-corrected chi connectivity index (χ2v) is 3.49. The molecule has 4 heteroatoms. The van der Waals surface area contributed by atoms with Gasteiger partial charge in [0, 0.05) is 0 Å². The van der Waals surface area contributed by atoms with Crippen molar-refractivity contribution < 1.29 is 19.7 Å². The molecule has 0 fully saturated rings. The van der Waals surface area contributed by atoms with Crippen LogP contribution in [-0.4, -0.2) is 18.2 Å². The van der Waals surface area contributed by atoms with Gasteiger partial charge in [0.2, 0.25) is 0 Å². The average Bonchev–Trinajstić information content (AvgIpc) is 2.28. The number of carbonyl (C=O) groups excluding carboxylic acids is 1. The molecule has 88 valence electrons. The van der Waals surface area contributed by atoms with E-state index < -0.39 is 5.97 Å². The van der Waals surface area contributed by atoms with Crippen molar-refractivity contribution in [1.29, 1.82) is 0 Å². The molecule has 1 rings (SSSR count). The van der Waals surface area contributed by atoms with Crippen molar-refractivity contribution in [2.45, 2.75) is 26.2 Å². The lowest BCUT2D eigenvalue weighted by Crippen LogP contribution is -2.05. The lowest BCUT2D eigenvalue weighted by atomic mass is 10.0. The van der Waals surface area contributed by atoms with Gasteiger partial charge in [-0.05, 0) is 30.5 Å². The molecule has 0 spiro atoms. The molecule has 16 heavy (non-hydrogen) atoms. The number of phenolic OH excluding ortho intramolecular Hbond substituents is 1. The van der Waals surface area contributed by atoms with Crippen molar-refractivity contribution in [3.8, 4) is 5.75 Å². The zero-order valence-corrected chi connectivity index (χ0v) is 9.53. The number of hydrogen-bond donors (Lipinski definition) is 1. The number of rotatable bonds is 5. The molecular weight excluding hydrogens is 208 g/mol. The second-order valence-electron chi connectivity index (χ2n) is 3.49. The highest BCUT2D eigenvalue weighted by Crippen LogP contribution is 2.20. The topological polar surface area (TPSA) is 55.8 Å². The molecule has 0 bridgehead atoms. The normalized spacial score (nSPS) is 10.1. The Balaban J connectivity index is 2.85. The van der Waals surface area contributed by atoms with Crippen molar-refractivity contribution in [2.24, 2.45) is 0 Å². The summed E-state index contributed by atoms with van der Waals surface area (Å²) in [6.45, 7) is 2.10. The zero-order valence-electron chi connectivity index (χ0n) is 9.53. The SMILES string of the molecule is CCCCc1ccc(O)c(C(=O)OOC)c1. The molecule has 0 aromatic heterocycles. The molecule has 1 aromatic rings. The third-order valence-electron chi connectivity index (χ3n) is 2.26. The van der Waals surface area contributed by atoms with Crippen LogP contribution in [0.1, 0.15) is 35.7 Å². The van der Waals surface area contributed by atoms with Gasteiger partial charge in [0.15, 0.2) is 0 Å². The number of benzene rings is 1. The van der Waals surface area contributed by atoms with Gasteiger partial charge < -0.3 is 5.11 Å². The van der Waals surface area contributed by atoms with Crippen molar-refractivity contribution in [2.75, 3.05) is 7.11 Å². The monoisotopic (exact) mass is 224 g/mol. The Bertz CT molecular complexity index is 360. The minimum atomic E-state index is -0.682. The number of unbranched alkanes of at least 4 members (excludes halogenated alkanes) is 1. The summed E-state index contributed by atoms with van der Waals surface area (Å²) in [5, 5.41) is 9.50. The van der Waals surface area contributed by atoms with Crippen LogP contribution in [0, 0.1) is 0 Å². The number of hydrogen-bond acceptors (Lipinski definition) is 4. The Morgan fingerprint density at radius 3 is 2.81 bits per heavy atom. The summed E-state index contributed by atoms with van der Waals surface area (Å²) in [5.74, 6) is -0.777. The fraction of sp³-hybridized carbons (Fsp3) is 0.417. The Labute approximate surface area is 94.7 Å². The summed E-state index contributed by atoms with van der Waals surface area (Å²) in [5.41, 5.74) is 1.14. The molecule has 0 heterocycles. The van der Waals surface area contributed by atoms with Gasteiger partial charge in [0.05, 0.1) is 7.11 Å². The minimum absolute atomic E-state index is 0.0951. The largest absolute Gasteiger partial charge is 0.507 e. The lowest BCUT2D eigenvalue weighted by molar-refractivity contribution is -0.216. The van der Waals surface area contributed by atoms with E-state index in [-0.39, 0.29) is 11.3 Å². The van der Waals surface area contributed by atoms with E-state index in [2.05, 4.69) is 16.7 Å². The molecule has 0 aliphatic rings. The number of carbonyl (C=O) groups is 1. The smallest absolute Gasteiger partial charge is 0.376 e. The van der Waals surface area contributed by atoms with Gasteiger partial charge in [-0.2, -0.15) is 4.89 Å². The number of aromatic hydroxyl groups is 1. The highest BCUT2D eigenvalue weighted by Gasteiger charge is 2.13. The Hall–Kier alpha value is -1.55. The second kappa shape index (κ2) is 6.12. The van der Waals surface area contributed by atoms with Crippen LogP contribution >= 0.6 is 0 Å². The summed E-state index contributed by atoms with van der Waals surface area (Å²) in [7, 11) is 1.25. The van der Waals surface area contributed by atoms with Gasteiger partial charge in [0.25, 0.3) is 0 Å². The van der Waals surface area contributed by atoms with Crippen LogP contribution in [0.4, 0.5) is 0 Å². The first-order valence-electron chi connectivity index (χ1n) is 5.26. The fourth-order valence-corrected chi connectivity index (χ4v) is 1.40. The molecule has 0 saturated carbocycles. The zero-order chi connectivity index (χ0) is 12.0. The van der Waals surface area contributed by atoms with Crippen LogP contribution in [0.3, 0.4) is 0 Å². The van der Waals surface area contributed by atoms with Crippen LogP contribution in [0.25, 0.3) is 0 Å². The molecule has 0 amide bonds. The summed E-state index contributed by atoms with van der Waals surface area (Å²) in [6, 6.07) is 4.93. The van der Waals surface area contributed by atoms with Crippen LogP contribution in [0.5, 0.6) is 5.75 Å². The van der Waals surface area contributed by atoms with Crippen LogP contribution < -0.4 is 0 Å². The van der Waals surface area contributed by atoms with E-state index >= 15 is 0 Å². The summed E-state index contributed by atoms with van der Waals surface area (Å²) < 4.78 is 0. The van der Waals surface area contributed by atoms with E-state index in [4.69, 9.17) is 0 Å². The lowest BCUT2D eigenvalue weighted by Gasteiger charge is -2.05. The Morgan fingerprint density at radius 1 is 1.44 bits per heavy atom. The van der Waals surface area contributed by atoms with Gasteiger partial charge in [0.1, 0.15) is 11.3 Å². The molecule has 0 aliphatic carbocycles. The average molecular weight is 224 g/mol. The summed E-state index contributed by atoms with van der Waals surface area (Å²) in [4.78, 5) is 20.0. The maximum atomic E-state index is 11.4. The maximum absolute atomic E-state index is 11.4. The van der Waals surface area contributed by atoms with E-state index in [0.717, 1.165) is 24.8 Å². The van der Waals surface area contributed by atoms with E-state index in [1.54, 1.807) is 12.1 Å². The third kappa shape index (κ3) is 3.24. The predicted octanol–water partition coefficient (Wildman–Crippen LogP) is 2.45. The van der Waals surface area contributed by atoms with Gasteiger partial charge in [-0.1, -0.05) is 19.4 Å². The molecule has 0 unspecified atom stereocenters. The minimum Gasteiger partial charge on any atom is -0.507 e. The van der Waals surface area contributed by atoms with E-state index in [1.807, 2.05) is 0 Å². The number of aryl methyl sites for hydroxylation is 1. The maximum Gasteiger partial charge on any atom is 0.376 e. The van der Waals surface area contributed by atoms with E-state index in [9.17, 15) is 9.90 Å².